The van der Waals surface area contributed by atoms with Gasteiger partial charge in [0, 0.05) is 44.5 Å². The minimum atomic E-state index is -3.14. The number of para-hydroxylation sites is 1. The Kier molecular flexibility index (Phi) is 6.66. The van der Waals surface area contributed by atoms with Crippen molar-refractivity contribution in [3.63, 3.8) is 0 Å². The lowest BCUT2D eigenvalue weighted by Crippen LogP contribution is -2.50. The van der Waals surface area contributed by atoms with E-state index in [1.54, 1.807) is 0 Å². The number of amides is 2. The molecule has 1 heterocycles. The summed E-state index contributed by atoms with van der Waals surface area (Å²) >= 11 is 0. The molecule has 140 valence electrons. The van der Waals surface area contributed by atoms with E-state index in [1.807, 2.05) is 37.4 Å². The fourth-order valence-electron chi connectivity index (χ4n) is 2.86. The molecule has 8 heteroatoms. The van der Waals surface area contributed by atoms with Crippen LogP contribution in [-0.2, 0) is 10.0 Å². The average Bonchev–Trinajstić information content (AvgIpc) is 2.59. The third kappa shape index (κ3) is 5.89. The Labute approximate surface area is 150 Å². The van der Waals surface area contributed by atoms with Gasteiger partial charge in [0.1, 0.15) is 0 Å². The summed E-state index contributed by atoms with van der Waals surface area (Å²) in [6.07, 6.45) is 2.50. The second-order valence-electron chi connectivity index (χ2n) is 6.59. The van der Waals surface area contributed by atoms with Gasteiger partial charge in [-0.3, -0.25) is 0 Å². The van der Waals surface area contributed by atoms with Gasteiger partial charge >= 0.3 is 6.03 Å². The van der Waals surface area contributed by atoms with Gasteiger partial charge in [0.25, 0.3) is 0 Å². The van der Waals surface area contributed by atoms with Gasteiger partial charge in [-0.25, -0.2) is 17.5 Å². The normalized spacial score (nSPS) is 17.7. The van der Waals surface area contributed by atoms with Crippen molar-refractivity contribution < 1.29 is 13.2 Å². The van der Waals surface area contributed by atoms with Crippen LogP contribution in [0.5, 0.6) is 0 Å². The summed E-state index contributed by atoms with van der Waals surface area (Å²) in [4.78, 5) is 14.2. The highest BCUT2D eigenvalue weighted by Gasteiger charge is 2.25. The fraction of sp³-hybridized carbons (Fsp3) is 0.588. The lowest BCUT2D eigenvalue weighted by Gasteiger charge is -2.31. The van der Waals surface area contributed by atoms with E-state index in [9.17, 15) is 13.2 Å². The number of carbonyl (C=O) groups excluding carboxylic acids is 1. The first-order valence-corrected chi connectivity index (χ1v) is 10.4. The molecule has 1 aromatic rings. The molecular weight excluding hydrogens is 340 g/mol. The van der Waals surface area contributed by atoms with Gasteiger partial charge in [-0.15, -0.1) is 0 Å². The Morgan fingerprint density at radius 1 is 1.28 bits per heavy atom. The second kappa shape index (κ2) is 8.53. The predicted octanol–water partition coefficient (Wildman–Crippen LogP) is 1.23. The van der Waals surface area contributed by atoms with Gasteiger partial charge in [-0.05, 0) is 31.9 Å². The lowest BCUT2D eigenvalue weighted by molar-refractivity contribution is 0.227. The number of urea groups is 1. The van der Waals surface area contributed by atoms with Crippen LogP contribution in [-0.4, -0.2) is 63.8 Å². The molecule has 0 bridgehead atoms. The first kappa shape index (κ1) is 19.5. The highest BCUT2D eigenvalue weighted by molar-refractivity contribution is 7.88. The molecule has 1 saturated heterocycles. The third-order valence-corrected chi connectivity index (χ3v) is 5.94. The Balaban J connectivity index is 1.72. The fourth-order valence-corrected chi connectivity index (χ4v) is 3.74. The largest absolute Gasteiger partial charge is 0.370 e. The number of nitrogens with one attached hydrogen (secondary N) is 2. The maximum absolute atomic E-state index is 12.1. The average molecular weight is 369 g/mol. The van der Waals surface area contributed by atoms with Crippen molar-refractivity contribution in [1.82, 2.24) is 14.9 Å². The van der Waals surface area contributed by atoms with E-state index in [4.69, 9.17) is 0 Å². The molecule has 1 aliphatic heterocycles. The van der Waals surface area contributed by atoms with Crippen LogP contribution < -0.4 is 15.5 Å². The van der Waals surface area contributed by atoms with Crippen LogP contribution in [0.3, 0.4) is 0 Å². The molecule has 0 aliphatic carbocycles. The van der Waals surface area contributed by atoms with Crippen LogP contribution in [0.4, 0.5) is 10.5 Å². The quantitative estimate of drug-likeness (QED) is 0.791. The minimum Gasteiger partial charge on any atom is -0.370 e. The number of hydrogen-bond donors (Lipinski definition) is 2. The van der Waals surface area contributed by atoms with Gasteiger partial charge in [0.15, 0.2) is 0 Å². The van der Waals surface area contributed by atoms with Crippen LogP contribution in [0.2, 0.25) is 0 Å². The molecule has 2 amide bonds. The van der Waals surface area contributed by atoms with Crippen LogP contribution in [0, 0.1) is 0 Å². The van der Waals surface area contributed by atoms with Crippen molar-refractivity contribution in [2.24, 2.45) is 0 Å². The summed E-state index contributed by atoms with van der Waals surface area (Å²) < 4.78 is 24.4. The van der Waals surface area contributed by atoms with Crippen LogP contribution in [0.1, 0.15) is 19.8 Å². The standard InChI is InChI=1S/C17H28N4O3S/c1-14(20(2)16-7-5-4-6-8-16)13-18-17(22)19-15-9-11-21(12-10-15)25(3,23)24/h4-8,14-15H,9-13H2,1-3H3,(H2,18,19,22). The minimum absolute atomic E-state index is 0.0140. The van der Waals surface area contributed by atoms with E-state index in [0.717, 1.165) is 5.69 Å². The zero-order valence-electron chi connectivity index (χ0n) is 15.1. The number of benzene rings is 1. The Morgan fingerprint density at radius 2 is 1.88 bits per heavy atom. The molecule has 1 unspecified atom stereocenters. The predicted molar refractivity (Wildman–Crippen MR) is 100 cm³/mol. The zero-order chi connectivity index (χ0) is 18.4. The molecule has 0 spiro atoms. The Bertz CT molecular complexity index is 658. The van der Waals surface area contributed by atoms with E-state index in [-0.39, 0.29) is 18.1 Å². The molecule has 1 aliphatic rings. The molecule has 1 atom stereocenters. The summed E-state index contributed by atoms with van der Waals surface area (Å²) in [5.74, 6) is 0. The van der Waals surface area contributed by atoms with E-state index >= 15 is 0 Å². The summed E-state index contributed by atoms with van der Waals surface area (Å²) in [6.45, 7) is 3.49. The van der Waals surface area contributed by atoms with Crippen molar-refractivity contribution >= 4 is 21.7 Å². The summed E-state index contributed by atoms with van der Waals surface area (Å²) in [7, 11) is -1.14. The Hall–Kier alpha value is -1.80. The van der Waals surface area contributed by atoms with Crippen molar-refractivity contribution in [2.75, 3.05) is 37.8 Å². The molecule has 2 rings (SSSR count). The van der Waals surface area contributed by atoms with Crippen molar-refractivity contribution in [1.29, 1.82) is 0 Å². The second-order valence-corrected chi connectivity index (χ2v) is 8.57. The maximum Gasteiger partial charge on any atom is 0.315 e. The molecule has 2 N–H and O–H groups in total. The smallest absolute Gasteiger partial charge is 0.315 e. The van der Waals surface area contributed by atoms with Gasteiger partial charge in [-0.1, -0.05) is 18.2 Å². The number of sulfonamides is 1. The molecule has 0 aromatic heterocycles. The SMILES string of the molecule is CC(CNC(=O)NC1CCN(S(C)(=O)=O)CC1)N(C)c1ccccc1. The molecule has 25 heavy (non-hydrogen) atoms. The molecule has 0 radical (unpaired) electrons. The van der Waals surface area contributed by atoms with Crippen LogP contribution >= 0.6 is 0 Å². The number of anilines is 1. The first-order chi connectivity index (χ1) is 11.8. The topological polar surface area (TPSA) is 81.8 Å². The van der Waals surface area contributed by atoms with E-state index in [2.05, 4.69) is 22.5 Å². The Morgan fingerprint density at radius 3 is 2.44 bits per heavy atom. The number of nitrogens with zero attached hydrogens (tertiary/aromatic N) is 2. The van der Waals surface area contributed by atoms with Crippen molar-refractivity contribution in [3.05, 3.63) is 30.3 Å². The molecule has 1 aromatic carbocycles. The van der Waals surface area contributed by atoms with Crippen molar-refractivity contribution in [2.45, 2.75) is 31.8 Å². The summed E-state index contributed by atoms with van der Waals surface area (Å²) in [6, 6.07) is 9.98. The van der Waals surface area contributed by atoms with Crippen LogP contribution in [0.15, 0.2) is 30.3 Å². The third-order valence-electron chi connectivity index (χ3n) is 4.64. The monoisotopic (exact) mass is 368 g/mol. The van der Waals surface area contributed by atoms with Gasteiger partial charge in [-0.2, -0.15) is 0 Å². The molecule has 0 saturated carbocycles. The lowest BCUT2D eigenvalue weighted by atomic mass is 10.1. The number of piperidine rings is 1. The number of likely N-dealkylation sites (N-methyl/N-ethyl adjacent to an activating group) is 1. The molecule has 7 nitrogen and oxygen atoms in total. The van der Waals surface area contributed by atoms with Crippen molar-refractivity contribution in [3.8, 4) is 0 Å². The van der Waals surface area contributed by atoms with Gasteiger partial charge in [0.2, 0.25) is 10.0 Å². The zero-order valence-corrected chi connectivity index (χ0v) is 15.9. The maximum atomic E-state index is 12.1. The number of carbonyl (C=O) groups is 1. The number of hydrogen-bond acceptors (Lipinski definition) is 4. The van der Waals surface area contributed by atoms with Gasteiger partial charge in [0.05, 0.1) is 6.26 Å². The summed E-state index contributed by atoms with van der Waals surface area (Å²) in [5.41, 5.74) is 1.10. The molecular formula is C17H28N4O3S. The highest BCUT2D eigenvalue weighted by Crippen LogP contribution is 2.14. The number of rotatable bonds is 6. The van der Waals surface area contributed by atoms with E-state index in [1.165, 1.54) is 10.6 Å². The van der Waals surface area contributed by atoms with E-state index in [0.29, 0.717) is 32.5 Å². The molecule has 1 fully saturated rings. The first-order valence-electron chi connectivity index (χ1n) is 8.54. The van der Waals surface area contributed by atoms with E-state index < -0.39 is 10.0 Å². The van der Waals surface area contributed by atoms with Crippen LogP contribution in [0.25, 0.3) is 0 Å². The van der Waals surface area contributed by atoms with Gasteiger partial charge < -0.3 is 15.5 Å². The summed E-state index contributed by atoms with van der Waals surface area (Å²) in [5, 5.41) is 5.83. The highest BCUT2D eigenvalue weighted by atomic mass is 32.2.